The smallest absolute Gasteiger partial charge is 0.137 e. The number of fused-ring (bicyclic) bond motifs is 8. The number of nitrogens with zero attached hydrogens (tertiary/aromatic N) is 1. The minimum Gasteiger partial charge on any atom is -0.456 e. The minimum absolute atomic E-state index is 0.554. The van der Waals surface area contributed by atoms with Crippen LogP contribution in [0.2, 0.25) is 5.02 Å². The molecule has 0 N–H and O–H groups in total. The molecule has 1 aliphatic carbocycles. The molecule has 3 heteroatoms. The van der Waals surface area contributed by atoms with E-state index < -0.39 is 5.41 Å². The van der Waals surface area contributed by atoms with E-state index in [-0.39, 0.29) is 0 Å². The third kappa shape index (κ3) is 4.16. The van der Waals surface area contributed by atoms with Crippen molar-refractivity contribution >= 4 is 61.4 Å². The first kappa shape index (κ1) is 28.9. The van der Waals surface area contributed by atoms with E-state index in [0.717, 1.165) is 39.0 Å². The summed E-state index contributed by atoms with van der Waals surface area (Å²) in [6.45, 7) is 0. The molecule has 2 nitrogen and oxygen atoms in total. The third-order valence-corrected chi connectivity index (χ3v) is 10.6. The van der Waals surface area contributed by atoms with Gasteiger partial charge in [0.15, 0.2) is 0 Å². The Hall–Kier alpha value is -6.09. The molecule has 0 radical (unpaired) electrons. The van der Waals surface area contributed by atoms with Gasteiger partial charge in [-0.1, -0.05) is 145 Å². The molecule has 50 heavy (non-hydrogen) atoms. The predicted molar refractivity (Wildman–Crippen MR) is 208 cm³/mol. The van der Waals surface area contributed by atoms with Crippen LogP contribution in [-0.2, 0) is 5.41 Å². The zero-order valence-corrected chi connectivity index (χ0v) is 27.8. The average Bonchev–Trinajstić information content (AvgIpc) is 3.70. The van der Waals surface area contributed by atoms with Crippen LogP contribution < -0.4 is 4.90 Å². The lowest BCUT2D eigenvalue weighted by Gasteiger charge is -2.35. The number of benzene rings is 8. The Morgan fingerprint density at radius 2 is 1.14 bits per heavy atom. The van der Waals surface area contributed by atoms with E-state index in [1.165, 1.54) is 44.2 Å². The fourth-order valence-electron chi connectivity index (χ4n) is 8.37. The molecule has 0 aliphatic heterocycles. The molecular formula is C47H30ClNO. The number of furan rings is 1. The highest BCUT2D eigenvalue weighted by atomic mass is 35.5. The van der Waals surface area contributed by atoms with Crippen molar-refractivity contribution in [3.63, 3.8) is 0 Å². The maximum absolute atomic E-state index is 6.73. The largest absolute Gasteiger partial charge is 0.456 e. The number of hydrogen-bond acceptors (Lipinski definition) is 2. The van der Waals surface area contributed by atoms with E-state index in [1.807, 2.05) is 30.3 Å². The first-order valence-electron chi connectivity index (χ1n) is 17.0. The Morgan fingerprint density at radius 1 is 0.480 bits per heavy atom. The molecule has 1 heterocycles. The van der Waals surface area contributed by atoms with Gasteiger partial charge in [-0.25, -0.2) is 0 Å². The summed E-state index contributed by atoms with van der Waals surface area (Å²) < 4.78 is 6.39. The molecule has 0 fully saturated rings. The second kappa shape index (κ2) is 11.2. The molecule has 0 atom stereocenters. The van der Waals surface area contributed by atoms with Gasteiger partial charge in [0.25, 0.3) is 0 Å². The van der Waals surface area contributed by atoms with Gasteiger partial charge in [-0.2, -0.15) is 0 Å². The van der Waals surface area contributed by atoms with E-state index in [4.69, 9.17) is 16.0 Å². The van der Waals surface area contributed by atoms with E-state index in [1.54, 1.807) is 0 Å². The Kier molecular flexibility index (Phi) is 6.49. The van der Waals surface area contributed by atoms with Crippen LogP contribution in [0.25, 0.3) is 43.8 Å². The van der Waals surface area contributed by atoms with E-state index in [2.05, 4.69) is 157 Å². The maximum Gasteiger partial charge on any atom is 0.137 e. The molecule has 10 rings (SSSR count). The van der Waals surface area contributed by atoms with Crippen LogP contribution in [0.4, 0.5) is 17.1 Å². The lowest BCUT2D eigenvalue weighted by atomic mass is 9.67. The zero-order valence-electron chi connectivity index (χ0n) is 27.1. The minimum atomic E-state index is -0.554. The molecule has 0 saturated carbocycles. The van der Waals surface area contributed by atoms with Crippen LogP contribution in [-0.4, -0.2) is 0 Å². The van der Waals surface area contributed by atoms with Crippen molar-refractivity contribution in [2.45, 2.75) is 5.41 Å². The van der Waals surface area contributed by atoms with Crippen LogP contribution >= 0.6 is 11.6 Å². The van der Waals surface area contributed by atoms with Gasteiger partial charge in [0.05, 0.1) is 16.5 Å². The summed E-state index contributed by atoms with van der Waals surface area (Å²) in [7, 11) is 0. The summed E-state index contributed by atoms with van der Waals surface area (Å²) in [4.78, 5) is 2.33. The summed E-state index contributed by atoms with van der Waals surface area (Å²) >= 11 is 6.73. The number of rotatable bonds is 5. The standard InChI is InChI=1S/C47H30ClNO/c48-34-18-11-19-35(29-34)49(42-22-12-24-44-46(42)39-21-9-10-23-43(39)50-44)36-26-27-38-41(30-36)47(32-14-3-1-4-15-32,33-16-5-2-6-17-33)40-28-25-31-13-7-8-20-37(31)45(38)40/h1-30H. The number of anilines is 3. The monoisotopic (exact) mass is 659 g/mol. The Bertz CT molecular complexity index is 2690. The highest BCUT2D eigenvalue weighted by Crippen LogP contribution is 2.59. The maximum atomic E-state index is 6.73. The van der Waals surface area contributed by atoms with Gasteiger partial charge in [0, 0.05) is 21.8 Å². The van der Waals surface area contributed by atoms with Crippen LogP contribution in [0.15, 0.2) is 186 Å². The second-order valence-corrected chi connectivity index (χ2v) is 13.4. The molecule has 0 bridgehead atoms. The summed E-state index contributed by atoms with van der Waals surface area (Å²) in [6.07, 6.45) is 0. The van der Waals surface area contributed by atoms with Crippen LogP contribution in [0.5, 0.6) is 0 Å². The first-order chi connectivity index (χ1) is 24.7. The van der Waals surface area contributed by atoms with Gasteiger partial charge in [0.2, 0.25) is 0 Å². The number of hydrogen-bond donors (Lipinski definition) is 0. The fourth-order valence-corrected chi connectivity index (χ4v) is 8.55. The molecule has 9 aromatic rings. The van der Waals surface area contributed by atoms with Crippen molar-refractivity contribution in [1.82, 2.24) is 0 Å². The molecule has 1 aromatic heterocycles. The third-order valence-electron chi connectivity index (χ3n) is 10.4. The SMILES string of the molecule is Clc1cccc(N(c2ccc3c(c2)C(c2ccccc2)(c2ccccc2)c2ccc4ccccc4c2-3)c2cccc3oc4ccccc4c23)c1. The van der Waals surface area contributed by atoms with Crippen molar-refractivity contribution in [2.24, 2.45) is 0 Å². The molecule has 0 amide bonds. The lowest BCUT2D eigenvalue weighted by Crippen LogP contribution is -2.28. The first-order valence-corrected chi connectivity index (χ1v) is 17.3. The topological polar surface area (TPSA) is 16.4 Å². The Morgan fingerprint density at radius 3 is 1.92 bits per heavy atom. The van der Waals surface area contributed by atoms with E-state index >= 15 is 0 Å². The summed E-state index contributed by atoms with van der Waals surface area (Å²) in [5.74, 6) is 0. The van der Waals surface area contributed by atoms with E-state index in [9.17, 15) is 0 Å². The quantitative estimate of drug-likeness (QED) is 0.183. The molecule has 0 spiro atoms. The van der Waals surface area contributed by atoms with Crippen LogP contribution in [0.1, 0.15) is 22.3 Å². The average molecular weight is 660 g/mol. The Balaban J connectivity index is 1.33. The van der Waals surface area contributed by atoms with Crippen molar-refractivity contribution in [3.05, 3.63) is 209 Å². The highest BCUT2D eigenvalue weighted by Gasteiger charge is 2.47. The number of halogens is 1. The number of para-hydroxylation sites is 1. The molecule has 236 valence electrons. The van der Waals surface area contributed by atoms with E-state index in [0.29, 0.717) is 5.02 Å². The van der Waals surface area contributed by atoms with Gasteiger partial charge in [0.1, 0.15) is 11.2 Å². The van der Waals surface area contributed by atoms with Gasteiger partial charge in [-0.05, 0) is 92.7 Å². The highest BCUT2D eigenvalue weighted by molar-refractivity contribution is 6.31. The van der Waals surface area contributed by atoms with Gasteiger partial charge in [-0.3, -0.25) is 0 Å². The van der Waals surface area contributed by atoms with Gasteiger partial charge >= 0.3 is 0 Å². The van der Waals surface area contributed by atoms with Crippen LogP contribution in [0.3, 0.4) is 0 Å². The molecule has 1 aliphatic rings. The van der Waals surface area contributed by atoms with Crippen molar-refractivity contribution in [1.29, 1.82) is 0 Å². The van der Waals surface area contributed by atoms with Crippen molar-refractivity contribution in [3.8, 4) is 11.1 Å². The van der Waals surface area contributed by atoms with Crippen molar-refractivity contribution < 1.29 is 4.42 Å². The summed E-state index contributed by atoms with van der Waals surface area (Å²) in [5, 5.41) is 5.31. The Labute approximate surface area is 295 Å². The second-order valence-electron chi connectivity index (χ2n) is 13.0. The molecule has 0 saturated heterocycles. The molecular weight excluding hydrogens is 630 g/mol. The van der Waals surface area contributed by atoms with Crippen molar-refractivity contribution in [2.75, 3.05) is 4.90 Å². The van der Waals surface area contributed by atoms with Gasteiger partial charge in [-0.15, -0.1) is 0 Å². The molecule has 8 aromatic carbocycles. The predicted octanol–water partition coefficient (Wildman–Crippen LogP) is 13.2. The summed E-state index contributed by atoms with van der Waals surface area (Å²) in [5.41, 5.74) is 11.7. The normalized spacial score (nSPS) is 13.1. The molecule has 0 unspecified atom stereocenters. The summed E-state index contributed by atoms with van der Waals surface area (Å²) in [6, 6.07) is 65.0. The van der Waals surface area contributed by atoms with Gasteiger partial charge < -0.3 is 9.32 Å². The zero-order chi connectivity index (χ0) is 33.2. The fraction of sp³-hybridized carbons (Fsp3) is 0.0213. The van der Waals surface area contributed by atoms with Crippen LogP contribution in [0, 0.1) is 0 Å². The lowest BCUT2D eigenvalue weighted by molar-refractivity contribution is 0.669.